The summed E-state index contributed by atoms with van der Waals surface area (Å²) in [6, 6.07) is 3.91. The quantitative estimate of drug-likeness (QED) is 0.835. The number of carbonyl (C=O) groups is 1. The average Bonchev–Trinajstić information content (AvgIpc) is 2.15. The molecule has 5 nitrogen and oxygen atoms in total. The molecule has 0 aliphatic heterocycles. The summed E-state index contributed by atoms with van der Waals surface area (Å²) >= 11 is 0. The summed E-state index contributed by atoms with van der Waals surface area (Å²) in [7, 11) is -3.65. The monoisotopic (exact) mass is 258 g/mol. The van der Waals surface area contributed by atoms with Crippen LogP contribution in [0.25, 0.3) is 0 Å². The van der Waals surface area contributed by atoms with E-state index < -0.39 is 27.7 Å². The summed E-state index contributed by atoms with van der Waals surface area (Å²) in [5.74, 6) is -1.59. The molecule has 0 aromatic heterocycles. The molecule has 17 heavy (non-hydrogen) atoms. The predicted octanol–water partition coefficient (Wildman–Crippen LogP) is 0.848. The summed E-state index contributed by atoms with van der Waals surface area (Å²) in [6.45, 7) is 2.96. The molecule has 0 fully saturated rings. The lowest BCUT2D eigenvalue weighted by Crippen LogP contribution is -2.18. The van der Waals surface area contributed by atoms with Crippen LogP contribution in [-0.4, -0.2) is 36.5 Å². The van der Waals surface area contributed by atoms with Gasteiger partial charge in [0.2, 0.25) is 0 Å². The molecule has 1 unspecified atom stereocenters. The van der Waals surface area contributed by atoms with Crippen LogP contribution in [0.3, 0.4) is 0 Å². The molecule has 1 aromatic carbocycles. The number of aryl methyl sites for hydroxylation is 1. The highest BCUT2D eigenvalue weighted by atomic mass is 32.2. The van der Waals surface area contributed by atoms with Gasteiger partial charge in [0.25, 0.3) is 0 Å². The third-order valence-corrected chi connectivity index (χ3v) is 4.15. The molecule has 0 bridgehead atoms. The summed E-state index contributed by atoms with van der Waals surface area (Å²) in [5.41, 5.74) is 0.449. The minimum Gasteiger partial charge on any atom is -0.478 e. The normalized spacial score (nSPS) is 13.4. The molecule has 0 spiro atoms. The summed E-state index contributed by atoms with van der Waals surface area (Å²) in [6.07, 6.45) is -0.991. The lowest BCUT2D eigenvalue weighted by Gasteiger charge is -2.08. The molecule has 0 saturated heterocycles. The Labute approximate surface area is 99.6 Å². The van der Waals surface area contributed by atoms with Gasteiger partial charge in [0.15, 0.2) is 9.84 Å². The maximum absolute atomic E-state index is 11.8. The van der Waals surface area contributed by atoms with Gasteiger partial charge < -0.3 is 10.2 Å². The lowest BCUT2D eigenvalue weighted by atomic mass is 10.1. The van der Waals surface area contributed by atoms with E-state index in [4.69, 9.17) is 10.2 Å². The van der Waals surface area contributed by atoms with E-state index in [-0.39, 0.29) is 10.5 Å². The van der Waals surface area contributed by atoms with Gasteiger partial charge in [-0.1, -0.05) is 6.07 Å². The largest absolute Gasteiger partial charge is 0.478 e. The van der Waals surface area contributed by atoms with Crippen LogP contribution in [-0.2, 0) is 9.84 Å². The number of rotatable bonds is 4. The van der Waals surface area contributed by atoms with Gasteiger partial charge in [-0.2, -0.15) is 0 Å². The molecule has 0 radical (unpaired) electrons. The Bertz CT molecular complexity index is 531. The number of benzene rings is 1. The van der Waals surface area contributed by atoms with Gasteiger partial charge in [0, 0.05) is 0 Å². The van der Waals surface area contributed by atoms with Crippen LogP contribution in [0.1, 0.15) is 22.8 Å². The van der Waals surface area contributed by atoms with E-state index in [0.717, 1.165) is 6.07 Å². The number of hydrogen-bond acceptors (Lipinski definition) is 4. The average molecular weight is 258 g/mol. The fraction of sp³-hybridized carbons (Fsp3) is 0.364. The van der Waals surface area contributed by atoms with Crippen molar-refractivity contribution in [2.45, 2.75) is 24.8 Å². The second-order valence-corrected chi connectivity index (χ2v) is 5.95. The van der Waals surface area contributed by atoms with Gasteiger partial charge in [-0.3, -0.25) is 0 Å². The van der Waals surface area contributed by atoms with E-state index in [1.54, 1.807) is 6.92 Å². The van der Waals surface area contributed by atoms with Crippen molar-refractivity contribution >= 4 is 15.8 Å². The first-order chi connectivity index (χ1) is 7.74. The van der Waals surface area contributed by atoms with Gasteiger partial charge in [-0.15, -0.1) is 0 Å². The van der Waals surface area contributed by atoms with Crippen molar-refractivity contribution in [1.82, 2.24) is 0 Å². The van der Waals surface area contributed by atoms with Gasteiger partial charge >= 0.3 is 5.97 Å². The van der Waals surface area contributed by atoms with Crippen LogP contribution in [0, 0.1) is 6.92 Å². The molecule has 0 aliphatic carbocycles. The second kappa shape index (κ2) is 4.85. The molecule has 2 N–H and O–H groups in total. The zero-order valence-corrected chi connectivity index (χ0v) is 10.4. The molecule has 0 amide bonds. The highest BCUT2D eigenvalue weighted by Crippen LogP contribution is 2.17. The summed E-state index contributed by atoms with van der Waals surface area (Å²) < 4.78 is 23.6. The topological polar surface area (TPSA) is 91.7 Å². The van der Waals surface area contributed by atoms with Crippen molar-refractivity contribution in [2.24, 2.45) is 0 Å². The lowest BCUT2D eigenvalue weighted by molar-refractivity contribution is 0.0696. The summed E-state index contributed by atoms with van der Waals surface area (Å²) in [4.78, 5) is 10.8. The molecule has 1 rings (SSSR count). The molecular weight excluding hydrogens is 244 g/mol. The zero-order valence-electron chi connectivity index (χ0n) is 9.54. The van der Waals surface area contributed by atoms with Gasteiger partial charge in [-0.05, 0) is 31.5 Å². The first-order valence-electron chi connectivity index (χ1n) is 4.99. The van der Waals surface area contributed by atoms with Crippen LogP contribution in [0.5, 0.6) is 0 Å². The van der Waals surface area contributed by atoms with Crippen LogP contribution in [0.2, 0.25) is 0 Å². The molecule has 0 saturated carbocycles. The third-order valence-electron chi connectivity index (χ3n) is 2.26. The van der Waals surface area contributed by atoms with Crippen molar-refractivity contribution in [3.05, 3.63) is 29.3 Å². The maximum atomic E-state index is 11.8. The summed E-state index contributed by atoms with van der Waals surface area (Å²) in [5, 5.41) is 18.0. The molecule has 1 aromatic rings. The van der Waals surface area contributed by atoms with E-state index in [0.29, 0.717) is 5.56 Å². The molecule has 6 heteroatoms. The van der Waals surface area contributed by atoms with Crippen LogP contribution < -0.4 is 0 Å². The van der Waals surface area contributed by atoms with Crippen molar-refractivity contribution in [3.8, 4) is 0 Å². The first kappa shape index (κ1) is 13.7. The Balaban J connectivity index is 3.25. The number of sulfone groups is 1. The maximum Gasteiger partial charge on any atom is 0.335 e. The number of hydrogen-bond donors (Lipinski definition) is 2. The highest BCUT2D eigenvalue weighted by molar-refractivity contribution is 7.91. The second-order valence-electron chi connectivity index (χ2n) is 3.91. The Morgan fingerprint density at radius 2 is 2.00 bits per heavy atom. The first-order valence-corrected chi connectivity index (χ1v) is 6.64. The van der Waals surface area contributed by atoms with Gasteiger partial charge in [0.1, 0.15) is 0 Å². The molecule has 0 aliphatic rings. The number of aromatic carboxylic acids is 1. The number of carboxylic acids is 1. The molecule has 94 valence electrons. The standard InChI is InChI=1S/C11H14O5S/c1-7-3-4-9(5-10(7)11(13)14)17(15,16)6-8(2)12/h3-5,8,12H,6H2,1-2H3,(H,13,14). The molecular formula is C11H14O5S. The number of aliphatic hydroxyl groups is 1. The fourth-order valence-electron chi connectivity index (χ4n) is 1.44. The van der Waals surface area contributed by atoms with Gasteiger partial charge in [0.05, 0.1) is 22.3 Å². The van der Waals surface area contributed by atoms with Crippen LogP contribution in [0.4, 0.5) is 0 Å². The number of aliphatic hydroxyl groups excluding tert-OH is 1. The predicted molar refractivity (Wildman–Crippen MR) is 61.9 cm³/mol. The minimum absolute atomic E-state index is 0.0448. The Kier molecular flexibility index (Phi) is 3.90. The van der Waals surface area contributed by atoms with Crippen LogP contribution >= 0.6 is 0 Å². The smallest absolute Gasteiger partial charge is 0.335 e. The van der Waals surface area contributed by atoms with E-state index in [1.807, 2.05) is 0 Å². The van der Waals surface area contributed by atoms with Crippen molar-refractivity contribution in [2.75, 3.05) is 5.75 Å². The Morgan fingerprint density at radius 3 is 2.47 bits per heavy atom. The number of carboxylic acid groups (broad SMARTS) is 1. The van der Waals surface area contributed by atoms with E-state index in [2.05, 4.69) is 0 Å². The zero-order chi connectivity index (χ0) is 13.2. The van der Waals surface area contributed by atoms with Crippen molar-refractivity contribution < 1.29 is 23.4 Å². The minimum atomic E-state index is -3.65. The van der Waals surface area contributed by atoms with Crippen molar-refractivity contribution in [1.29, 1.82) is 0 Å². The Hall–Kier alpha value is -1.40. The molecule has 0 heterocycles. The van der Waals surface area contributed by atoms with Crippen molar-refractivity contribution in [3.63, 3.8) is 0 Å². The van der Waals surface area contributed by atoms with Crippen LogP contribution in [0.15, 0.2) is 23.1 Å². The SMILES string of the molecule is Cc1ccc(S(=O)(=O)CC(C)O)cc1C(=O)O. The van der Waals surface area contributed by atoms with Gasteiger partial charge in [-0.25, -0.2) is 13.2 Å². The van der Waals surface area contributed by atoms with E-state index in [1.165, 1.54) is 19.1 Å². The Morgan fingerprint density at radius 1 is 1.41 bits per heavy atom. The van der Waals surface area contributed by atoms with E-state index in [9.17, 15) is 13.2 Å². The highest BCUT2D eigenvalue weighted by Gasteiger charge is 2.19. The fourth-order valence-corrected chi connectivity index (χ4v) is 2.84. The molecule has 1 atom stereocenters. The van der Waals surface area contributed by atoms with E-state index >= 15 is 0 Å². The third kappa shape index (κ3) is 3.28.